The Morgan fingerprint density at radius 1 is 1.18 bits per heavy atom. The third-order valence-electron chi connectivity index (χ3n) is 5.29. The van der Waals surface area contributed by atoms with Crippen LogP contribution in [0.1, 0.15) is 54.0 Å². The first-order chi connectivity index (χ1) is 12.8. The Morgan fingerprint density at radius 3 is 2.36 bits per heavy atom. The van der Waals surface area contributed by atoms with Gasteiger partial charge in [0, 0.05) is 5.56 Å². The number of hydrogen-bond donors (Lipinski definition) is 0. The summed E-state index contributed by atoms with van der Waals surface area (Å²) in [4.78, 5) is 14.2. The van der Waals surface area contributed by atoms with Crippen molar-refractivity contribution in [2.45, 2.75) is 71.8 Å². The van der Waals surface area contributed by atoms with Crippen LogP contribution >= 0.6 is 11.6 Å². The van der Waals surface area contributed by atoms with Gasteiger partial charge in [-0.1, -0.05) is 17.7 Å². The highest BCUT2D eigenvalue weighted by molar-refractivity contribution is 6.62. The lowest BCUT2D eigenvalue weighted by Gasteiger charge is -2.32. The normalized spacial score (nSPS) is 21.0. The fourth-order valence-corrected chi connectivity index (χ4v) is 3.39. The van der Waals surface area contributed by atoms with Crippen molar-refractivity contribution in [3.05, 3.63) is 22.7 Å². The highest BCUT2D eigenvalue weighted by Crippen LogP contribution is 2.38. The number of ether oxygens (including phenoxy) is 2. The maximum Gasteiger partial charge on any atom is 0.494 e. The maximum atomic E-state index is 12.5. The average molecular weight is 410 g/mol. The van der Waals surface area contributed by atoms with Crippen LogP contribution in [0.15, 0.2) is 12.1 Å². The molecule has 0 aliphatic carbocycles. The van der Waals surface area contributed by atoms with E-state index in [2.05, 4.69) is 0 Å². The highest BCUT2D eigenvalue weighted by Gasteiger charge is 2.52. The molecule has 2 aliphatic rings. The van der Waals surface area contributed by atoms with Crippen molar-refractivity contribution < 1.29 is 23.6 Å². The quantitative estimate of drug-likeness (QED) is 0.661. The van der Waals surface area contributed by atoms with Crippen molar-refractivity contribution in [2.24, 2.45) is 0 Å². The van der Waals surface area contributed by atoms with E-state index in [4.69, 9.17) is 30.4 Å². The Morgan fingerprint density at radius 2 is 1.79 bits per heavy atom. The lowest BCUT2D eigenvalue weighted by molar-refractivity contribution is 0.00578. The standard InChI is InChI=1S/C20H29BClNO5/c1-18(2,3)26-17(24)23-8-9-25-16-13(12-23)10-14(11-15(16)22)21-27-19(4,5)20(6,7)28-21/h10-11H,8-9,12H2,1-7H3. The molecule has 0 aromatic heterocycles. The van der Waals surface area contributed by atoms with Crippen molar-refractivity contribution >= 4 is 30.3 Å². The topological polar surface area (TPSA) is 57.2 Å². The van der Waals surface area contributed by atoms with Crippen LogP contribution in [0.3, 0.4) is 0 Å². The van der Waals surface area contributed by atoms with E-state index in [0.29, 0.717) is 30.5 Å². The fraction of sp³-hybridized carbons (Fsp3) is 0.650. The minimum absolute atomic E-state index is 0.345. The first kappa shape index (κ1) is 21.3. The van der Waals surface area contributed by atoms with Gasteiger partial charge in [0.05, 0.1) is 29.3 Å². The summed E-state index contributed by atoms with van der Waals surface area (Å²) in [7, 11) is -0.536. The molecule has 1 aromatic rings. The van der Waals surface area contributed by atoms with Crippen LogP contribution in [0.2, 0.25) is 5.02 Å². The monoisotopic (exact) mass is 409 g/mol. The molecule has 1 fully saturated rings. The average Bonchev–Trinajstić information content (AvgIpc) is 2.69. The van der Waals surface area contributed by atoms with Gasteiger partial charge in [0.1, 0.15) is 18.0 Å². The van der Waals surface area contributed by atoms with E-state index in [1.165, 1.54) is 0 Å². The largest absolute Gasteiger partial charge is 0.494 e. The van der Waals surface area contributed by atoms with Gasteiger partial charge in [0.15, 0.2) is 0 Å². The fourth-order valence-electron chi connectivity index (χ4n) is 3.09. The van der Waals surface area contributed by atoms with E-state index in [1.54, 1.807) is 4.90 Å². The molecular weight excluding hydrogens is 380 g/mol. The minimum atomic E-state index is -0.560. The van der Waals surface area contributed by atoms with Gasteiger partial charge in [-0.2, -0.15) is 0 Å². The number of benzene rings is 1. The van der Waals surface area contributed by atoms with E-state index in [9.17, 15) is 4.79 Å². The van der Waals surface area contributed by atoms with Crippen molar-refractivity contribution in [1.29, 1.82) is 0 Å². The van der Waals surface area contributed by atoms with Crippen molar-refractivity contribution in [3.63, 3.8) is 0 Å². The maximum absolute atomic E-state index is 12.5. The number of rotatable bonds is 1. The number of carbonyl (C=O) groups excluding carboxylic acids is 1. The number of amides is 1. The van der Waals surface area contributed by atoms with E-state index >= 15 is 0 Å². The van der Waals surface area contributed by atoms with Gasteiger partial charge in [-0.15, -0.1) is 0 Å². The van der Waals surface area contributed by atoms with Crippen LogP contribution in [-0.4, -0.2) is 48.1 Å². The molecule has 0 N–H and O–H groups in total. The number of nitrogens with zero attached hydrogens (tertiary/aromatic N) is 1. The van der Waals surface area contributed by atoms with E-state index in [0.717, 1.165) is 11.0 Å². The predicted octanol–water partition coefficient (Wildman–Crippen LogP) is 3.77. The highest BCUT2D eigenvalue weighted by atomic mass is 35.5. The second-order valence-electron chi connectivity index (χ2n) is 9.33. The Labute approximate surface area is 172 Å². The zero-order valence-electron chi connectivity index (χ0n) is 17.7. The summed E-state index contributed by atoms with van der Waals surface area (Å²) in [6.07, 6.45) is -0.374. The van der Waals surface area contributed by atoms with E-state index in [-0.39, 0.29) is 6.09 Å². The molecule has 2 heterocycles. The summed E-state index contributed by atoms with van der Waals surface area (Å²) in [5, 5.41) is 0.480. The molecular formula is C20H29BClNO5. The second-order valence-corrected chi connectivity index (χ2v) is 9.74. The molecule has 28 heavy (non-hydrogen) atoms. The number of halogens is 1. The Hall–Kier alpha value is -1.44. The third kappa shape index (κ3) is 4.26. The van der Waals surface area contributed by atoms with Crippen molar-refractivity contribution in [3.8, 4) is 5.75 Å². The van der Waals surface area contributed by atoms with Crippen molar-refractivity contribution in [2.75, 3.05) is 13.2 Å². The molecule has 3 rings (SSSR count). The molecule has 1 amide bonds. The number of carbonyl (C=O) groups is 1. The first-order valence-corrected chi connectivity index (χ1v) is 9.95. The summed E-state index contributed by atoms with van der Waals surface area (Å²) in [6, 6.07) is 3.75. The number of hydrogen-bond acceptors (Lipinski definition) is 5. The zero-order valence-corrected chi connectivity index (χ0v) is 18.5. The Kier molecular flexibility index (Phi) is 5.41. The number of fused-ring (bicyclic) bond motifs is 1. The molecule has 1 saturated heterocycles. The molecule has 0 spiro atoms. The smallest absolute Gasteiger partial charge is 0.490 e. The van der Waals surface area contributed by atoms with Gasteiger partial charge in [-0.25, -0.2) is 4.79 Å². The van der Waals surface area contributed by atoms with Crippen LogP contribution in [-0.2, 0) is 20.6 Å². The van der Waals surface area contributed by atoms with Crippen LogP contribution in [0.25, 0.3) is 0 Å². The Balaban J connectivity index is 1.88. The lowest BCUT2D eigenvalue weighted by atomic mass is 9.78. The first-order valence-electron chi connectivity index (χ1n) is 9.58. The lowest BCUT2D eigenvalue weighted by Crippen LogP contribution is -2.41. The van der Waals surface area contributed by atoms with Crippen LogP contribution in [0.5, 0.6) is 5.75 Å². The van der Waals surface area contributed by atoms with Crippen LogP contribution < -0.4 is 10.2 Å². The molecule has 0 unspecified atom stereocenters. The molecule has 0 bridgehead atoms. The van der Waals surface area contributed by atoms with Crippen LogP contribution in [0.4, 0.5) is 4.79 Å². The molecule has 6 nitrogen and oxygen atoms in total. The summed E-state index contributed by atoms with van der Waals surface area (Å²) in [5.41, 5.74) is 0.152. The predicted molar refractivity (Wildman–Crippen MR) is 109 cm³/mol. The molecule has 8 heteroatoms. The van der Waals surface area contributed by atoms with Gasteiger partial charge in [0.2, 0.25) is 0 Å². The Bertz CT molecular complexity index is 759. The second kappa shape index (κ2) is 7.11. The van der Waals surface area contributed by atoms with E-state index < -0.39 is 23.9 Å². The van der Waals surface area contributed by atoms with Gasteiger partial charge in [0.25, 0.3) is 0 Å². The zero-order chi connectivity index (χ0) is 20.9. The van der Waals surface area contributed by atoms with Gasteiger partial charge < -0.3 is 23.7 Å². The molecule has 0 radical (unpaired) electrons. The summed E-state index contributed by atoms with van der Waals surface area (Å²) in [6.45, 7) is 14.7. The molecule has 0 atom stereocenters. The van der Waals surface area contributed by atoms with Gasteiger partial charge in [-0.3, -0.25) is 0 Å². The molecule has 2 aliphatic heterocycles. The van der Waals surface area contributed by atoms with Gasteiger partial charge >= 0.3 is 13.2 Å². The molecule has 1 aromatic carbocycles. The SMILES string of the molecule is CC(C)(C)OC(=O)N1CCOc2c(Cl)cc(B3OC(C)(C)C(C)(C)O3)cc2C1. The molecule has 0 saturated carbocycles. The van der Waals surface area contributed by atoms with Crippen LogP contribution in [0, 0.1) is 0 Å². The van der Waals surface area contributed by atoms with E-state index in [1.807, 2.05) is 60.6 Å². The van der Waals surface area contributed by atoms with Gasteiger partial charge in [-0.05, 0) is 60.0 Å². The van der Waals surface area contributed by atoms with Crippen molar-refractivity contribution in [1.82, 2.24) is 4.90 Å². The summed E-state index contributed by atoms with van der Waals surface area (Å²) < 4.78 is 23.6. The minimum Gasteiger partial charge on any atom is -0.490 e. The molecule has 154 valence electrons. The summed E-state index contributed by atoms with van der Waals surface area (Å²) in [5.74, 6) is 0.591. The summed E-state index contributed by atoms with van der Waals surface area (Å²) >= 11 is 6.50. The third-order valence-corrected chi connectivity index (χ3v) is 5.57.